The van der Waals surface area contributed by atoms with Crippen molar-refractivity contribution < 1.29 is 15.3 Å². The van der Waals surface area contributed by atoms with Crippen LogP contribution in [0.5, 0.6) is 0 Å². The summed E-state index contributed by atoms with van der Waals surface area (Å²) in [5, 5.41) is 28.2. The summed E-state index contributed by atoms with van der Waals surface area (Å²) in [5.74, 6) is 0.426. The highest BCUT2D eigenvalue weighted by atomic mass is 16.4. The number of aromatic nitrogens is 2. The average molecular weight is 184 g/mol. The second-order valence-electron chi connectivity index (χ2n) is 3.37. The molecule has 5 heteroatoms. The summed E-state index contributed by atoms with van der Waals surface area (Å²) < 4.78 is 1.71. The quantitative estimate of drug-likeness (QED) is 0.481. The highest BCUT2D eigenvalue weighted by Crippen LogP contribution is 2.25. The van der Waals surface area contributed by atoms with Gasteiger partial charge in [-0.3, -0.25) is 0 Å². The zero-order valence-electron chi connectivity index (χ0n) is 7.25. The summed E-state index contributed by atoms with van der Waals surface area (Å²) in [7, 11) is 0. The van der Waals surface area contributed by atoms with E-state index >= 15 is 0 Å². The Balaban J connectivity index is 2.44. The van der Waals surface area contributed by atoms with E-state index in [4.69, 9.17) is 0 Å². The largest absolute Gasteiger partial charge is 0.388 e. The Kier molecular flexibility index (Phi) is 1.87. The van der Waals surface area contributed by atoms with Gasteiger partial charge in [-0.15, -0.1) is 0 Å². The summed E-state index contributed by atoms with van der Waals surface area (Å²) in [5.41, 5.74) is 0.875. The van der Waals surface area contributed by atoms with E-state index in [0.29, 0.717) is 12.4 Å². The van der Waals surface area contributed by atoms with Crippen LogP contribution < -0.4 is 0 Å². The summed E-state index contributed by atoms with van der Waals surface area (Å²) in [6.45, 7) is 2.13. The zero-order chi connectivity index (χ0) is 9.59. The Morgan fingerprint density at radius 1 is 1.46 bits per heavy atom. The molecule has 5 nitrogen and oxygen atoms in total. The van der Waals surface area contributed by atoms with Crippen LogP contribution in [0.1, 0.15) is 17.6 Å². The fourth-order valence-corrected chi connectivity index (χ4v) is 1.61. The Labute approximate surface area is 75.3 Å². The van der Waals surface area contributed by atoms with Crippen LogP contribution in [0.2, 0.25) is 0 Å². The molecule has 0 aliphatic carbocycles. The average Bonchev–Trinajstić information content (AvgIpc) is 2.45. The van der Waals surface area contributed by atoms with Crippen molar-refractivity contribution >= 4 is 0 Å². The van der Waals surface area contributed by atoms with Crippen LogP contribution in [0.3, 0.4) is 0 Å². The molecule has 1 aromatic rings. The third-order valence-corrected chi connectivity index (χ3v) is 2.44. The zero-order valence-corrected chi connectivity index (χ0v) is 7.25. The van der Waals surface area contributed by atoms with Crippen molar-refractivity contribution in [2.24, 2.45) is 0 Å². The number of hydrogen-bond donors (Lipinski definition) is 3. The van der Waals surface area contributed by atoms with Gasteiger partial charge in [-0.25, -0.2) is 4.98 Å². The summed E-state index contributed by atoms with van der Waals surface area (Å²) in [6.07, 6.45) is -1.52. The van der Waals surface area contributed by atoms with Gasteiger partial charge in [-0.2, -0.15) is 0 Å². The van der Waals surface area contributed by atoms with E-state index in [1.807, 2.05) is 6.92 Å². The minimum atomic E-state index is -1.13. The third kappa shape index (κ3) is 1.16. The maximum Gasteiger partial charge on any atom is 0.140 e. The lowest BCUT2D eigenvalue weighted by Gasteiger charge is -2.29. The van der Waals surface area contributed by atoms with E-state index in [9.17, 15) is 15.3 Å². The maximum absolute atomic E-state index is 9.52. The van der Waals surface area contributed by atoms with Gasteiger partial charge in [0.25, 0.3) is 0 Å². The Morgan fingerprint density at radius 2 is 2.15 bits per heavy atom. The van der Waals surface area contributed by atoms with Gasteiger partial charge in [0.1, 0.15) is 24.1 Å². The molecule has 0 saturated carbocycles. The first kappa shape index (κ1) is 8.68. The van der Waals surface area contributed by atoms with Crippen molar-refractivity contribution in [3.8, 4) is 0 Å². The van der Waals surface area contributed by atoms with Crippen LogP contribution in [-0.2, 0) is 6.54 Å². The molecule has 3 atom stereocenters. The number of hydrogen-bond acceptors (Lipinski definition) is 4. The highest BCUT2D eigenvalue weighted by molar-refractivity contribution is 5.11. The van der Waals surface area contributed by atoms with Gasteiger partial charge in [0.2, 0.25) is 0 Å². The normalized spacial score (nSPS) is 33.1. The fraction of sp³-hybridized carbons (Fsp3) is 0.625. The first-order chi connectivity index (χ1) is 6.11. The lowest BCUT2D eigenvalue weighted by atomic mass is 10.0. The van der Waals surface area contributed by atoms with Crippen molar-refractivity contribution in [2.45, 2.75) is 31.8 Å². The molecular weight excluding hydrogens is 172 g/mol. The van der Waals surface area contributed by atoms with E-state index in [0.717, 1.165) is 5.69 Å². The molecule has 0 radical (unpaired) electrons. The summed E-state index contributed by atoms with van der Waals surface area (Å²) >= 11 is 0. The van der Waals surface area contributed by atoms with Crippen molar-refractivity contribution in [1.29, 1.82) is 0 Å². The highest BCUT2D eigenvalue weighted by Gasteiger charge is 2.34. The lowest BCUT2D eigenvalue weighted by molar-refractivity contribution is -0.0857. The van der Waals surface area contributed by atoms with Gasteiger partial charge in [0.15, 0.2) is 0 Å². The molecule has 13 heavy (non-hydrogen) atoms. The van der Waals surface area contributed by atoms with E-state index in [1.165, 1.54) is 0 Å². The van der Waals surface area contributed by atoms with Crippen LogP contribution in [0.25, 0.3) is 0 Å². The van der Waals surface area contributed by atoms with Crippen LogP contribution in [0.4, 0.5) is 0 Å². The molecule has 0 bridgehead atoms. The van der Waals surface area contributed by atoms with Crippen molar-refractivity contribution in [3.05, 3.63) is 17.7 Å². The number of rotatable bonds is 0. The predicted octanol–water partition coefficient (Wildman–Crippen LogP) is -1.04. The molecule has 0 aromatic carbocycles. The van der Waals surface area contributed by atoms with E-state index in [-0.39, 0.29) is 0 Å². The molecule has 0 spiro atoms. The van der Waals surface area contributed by atoms with Crippen molar-refractivity contribution in [2.75, 3.05) is 0 Å². The fourth-order valence-electron chi connectivity index (χ4n) is 1.61. The summed E-state index contributed by atoms with van der Waals surface area (Å²) in [4.78, 5) is 3.96. The van der Waals surface area contributed by atoms with Gasteiger partial charge >= 0.3 is 0 Å². The second-order valence-corrected chi connectivity index (χ2v) is 3.37. The minimum Gasteiger partial charge on any atom is -0.388 e. The minimum absolute atomic E-state index is 0.291. The Morgan fingerprint density at radius 3 is 2.85 bits per heavy atom. The second kappa shape index (κ2) is 2.80. The molecule has 0 fully saturated rings. The number of aliphatic hydroxyl groups excluding tert-OH is 3. The topological polar surface area (TPSA) is 78.5 Å². The van der Waals surface area contributed by atoms with Crippen LogP contribution in [0.15, 0.2) is 6.20 Å². The number of nitrogens with zero attached hydrogens (tertiary/aromatic N) is 2. The number of fused-ring (bicyclic) bond motifs is 1. The van der Waals surface area contributed by atoms with Gasteiger partial charge in [0.05, 0.1) is 6.54 Å². The first-order valence-corrected chi connectivity index (χ1v) is 4.17. The molecule has 2 heterocycles. The number of imidazole rings is 1. The molecule has 0 amide bonds. The molecule has 1 aliphatic heterocycles. The molecule has 3 N–H and O–H groups in total. The maximum atomic E-state index is 9.52. The molecule has 0 saturated heterocycles. The molecular formula is C8H12N2O3. The molecule has 1 aromatic heterocycles. The Hall–Kier alpha value is -0.910. The van der Waals surface area contributed by atoms with E-state index in [2.05, 4.69) is 4.98 Å². The van der Waals surface area contributed by atoms with Gasteiger partial charge in [0, 0.05) is 11.9 Å². The van der Waals surface area contributed by atoms with E-state index < -0.39 is 18.3 Å². The Bertz CT molecular complexity index is 323. The van der Waals surface area contributed by atoms with Crippen molar-refractivity contribution in [3.63, 3.8) is 0 Å². The predicted molar refractivity (Wildman–Crippen MR) is 43.9 cm³/mol. The molecule has 1 aliphatic rings. The lowest BCUT2D eigenvalue weighted by Crippen LogP contribution is -2.41. The standard InChI is InChI=1S/C8H12N2O3/c1-4-2-9-8-7(13)6(12)5(11)3-10(4)8/h2,5-7,11-13H,3H2,1H3/t5-,6-,7+/m0/s1. The monoisotopic (exact) mass is 184 g/mol. The van der Waals surface area contributed by atoms with E-state index in [1.54, 1.807) is 10.8 Å². The first-order valence-electron chi connectivity index (χ1n) is 4.17. The SMILES string of the molecule is Cc1cnc2n1C[C@H](O)[C@H](O)[C@H]2O. The third-order valence-electron chi connectivity index (χ3n) is 2.44. The van der Waals surface area contributed by atoms with Gasteiger partial charge in [-0.1, -0.05) is 0 Å². The number of aliphatic hydroxyl groups is 3. The van der Waals surface area contributed by atoms with Crippen LogP contribution >= 0.6 is 0 Å². The van der Waals surface area contributed by atoms with Crippen molar-refractivity contribution in [1.82, 2.24) is 9.55 Å². The van der Waals surface area contributed by atoms with Crippen LogP contribution in [-0.4, -0.2) is 37.1 Å². The van der Waals surface area contributed by atoms with Crippen LogP contribution in [0, 0.1) is 6.92 Å². The molecule has 2 rings (SSSR count). The summed E-state index contributed by atoms with van der Waals surface area (Å²) in [6, 6.07) is 0. The molecule has 0 unspecified atom stereocenters. The smallest absolute Gasteiger partial charge is 0.140 e. The van der Waals surface area contributed by atoms with Gasteiger partial charge in [-0.05, 0) is 6.92 Å². The van der Waals surface area contributed by atoms with Gasteiger partial charge < -0.3 is 19.9 Å². The number of aryl methyl sites for hydroxylation is 1. The molecule has 72 valence electrons.